The van der Waals surface area contributed by atoms with Gasteiger partial charge in [-0.25, -0.2) is 4.39 Å². The molecule has 1 atom stereocenters. The second kappa shape index (κ2) is 9.50. The van der Waals surface area contributed by atoms with Crippen molar-refractivity contribution in [3.8, 4) is 0 Å². The fourth-order valence-corrected chi connectivity index (χ4v) is 2.46. The van der Waals surface area contributed by atoms with Crippen LogP contribution < -0.4 is 10.6 Å². The molecule has 1 unspecified atom stereocenters. The van der Waals surface area contributed by atoms with Crippen LogP contribution >= 0.6 is 0 Å². The maximum atomic E-state index is 13.3. The number of guanidine groups is 1. The third-order valence-electron chi connectivity index (χ3n) is 3.88. The number of nitrogens with zero attached hydrogens (tertiary/aromatic N) is 2. The highest BCUT2D eigenvalue weighted by molar-refractivity contribution is 5.79. The highest BCUT2D eigenvalue weighted by atomic mass is 19.1. The molecule has 0 radical (unpaired) electrons. The Morgan fingerprint density at radius 3 is 2.48 bits per heavy atom. The van der Waals surface area contributed by atoms with E-state index in [2.05, 4.69) is 48.5 Å². The molecule has 0 aromatic heterocycles. The van der Waals surface area contributed by atoms with E-state index in [4.69, 9.17) is 0 Å². The number of hydrogen-bond donors (Lipinski definition) is 2. The number of rotatable bonds is 7. The minimum atomic E-state index is -0.168. The Balaban J connectivity index is 2.52. The number of likely N-dealkylation sites (N-methyl/N-ethyl adjacent to an activating group) is 1. The van der Waals surface area contributed by atoms with Gasteiger partial charge >= 0.3 is 0 Å². The molecule has 1 aromatic rings. The molecule has 0 saturated heterocycles. The highest BCUT2D eigenvalue weighted by Gasteiger charge is 2.13. The normalized spacial score (nSPS) is 13.5. The topological polar surface area (TPSA) is 39.7 Å². The number of benzene rings is 1. The van der Waals surface area contributed by atoms with E-state index in [1.54, 1.807) is 20.0 Å². The first kappa shape index (κ1) is 19.4. The predicted octanol–water partition coefficient (Wildman–Crippen LogP) is 2.78. The summed E-state index contributed by atoms with van der Waals surface area (Å²) in [6.45, 7) is 7.71. The van der Waals surface area contributed by atoms with Crippen molar-refractivity contribution in [2.75, 3.05) is 27.7 Å². The van der Waals surface area contributed by atoms with Crippen LogP contribution in [0.5, 0.6) is 0 Å². The molecule has 1 rings (SSSR count). The van der Waals surface area contributed by atoms with Gasteiger partial charge in [-0.15, -0.1) is 0 Å². The Hall–Kier alpha value is -1.62. The highest BCUT2D eigenvalue weighted by Crippen LogP contribution is 2.09. The van der Waals surface area contributed by atoms with Crippen molar-refractivity contribution >= 4 is 5.96 Å². The lowest BCUT2D eigenvalue weighted by Crippen LogP contribution is -2.45. The van der Waals surface area contributed by atoms with Crippen LogP contribution in [-0.4, -0.2) is 44.6 Å². The lowest BCUT2D eigenvalue weighted by molar-refractivity contribution is 0.254. The lowest BCUT2D eigenvalue weighted by Gasteiger charge is -2.27. The molecule has 130 valence electrons. The van der Waals surface area contributed by atoms with Crippen LogP contribution in [0.3, 0.4) is 0 Å². The Labute approximate surface area is 140 Å². The van der Waals surface area contributed by atoms with E-state index in [-0.39, 0.29) is 5.82 Å². The van der Waals surface area contributed by atoms with Crippen LogP contribution in [0.1, 0.15) is 31.4 Å². The standard InChI is InChI=1S/C18H31FN4/c1-13(2)9-16(23(5)6)12-22-18(20-4)21-11-15-7-8-17(19)14(3)10-15/h7-8,10,13,16H,9,11-12H2,1-6H3,(H2,20,21,22). The van der Waals surface area contributed by atoms with Gasteiger partial charge in [0, 0.05) is 26.2 Å². The zero-order valence-corrected chi connectivity index (χ0v) is 15.3. The summed E-state index contributed by atoms with van der Waals surface area (Å²) in [4.78, 5) is 6.50. The van der Waals surface area contributed by atoms with E-state index in [0.717, 1.165) is 24.5 Å². The summed E-state index contributed by atoms with van der Waals surface area (Å²) in [6.07, 6.45) is 1.13. The van der Waals surface area contributed by atoms with Gasteiger partial charge in [-0.2, -0.15) is 0 Å². The summed E-state index contributed by atoms with van der Waals surface area (Å²) in [6, 6.07) is 5.62. The molecule has 0 aliphatic carbocycles. The summed E-state index contributed by atoms with van der Waals surface area (Å²) in [5.41, 5.74) is 1.70. The molecule has 0 amide bonds. The number of nitrogens with one attached hydrogen (secondary N) is 2. The fraction of sp³-hybridized carbons (Fsp3) is 0.611. The average Bonchev–Trinajstić information content (AvgIpc) is 2.49. The van der Waals surface area contributed by atoms with Crippen LogP contribution in [0.15, 0.2) is 23.2 Å². The predicted molar refractivity (Wildman–Crippen MR) is 96.3 cm³/mol. The molecule has 0 heterocycles. The smallest absolute Gasteiger partial charge is 0.191 e. The van der Waals surface area contributed by atoms with E-state index in [9.17, 15) is 4.39 Å². The van der Waals surface area contributed by atoms with Crippen molar-refractivity contribution < 1.29 is 4.39 Å². The van der Waals surface area contributed by atoms with Crippen molar-refractivity contribution in [1.29, 1.82) is 0 Å². The molecule has 0 spiro atoms. The van der Waals surface area contributed by atoms with Gasteiger partial charge in [-0.3, -0.25) is 4.99 Å². The molecule has 4 nitrogen and oxygen atoms in total. The molecule has 5 heteroatoms. The van der Waals surface area contributed by atoms with Crippen molar-refractivity contribution in [2.24, 2.45) is 10.9 Å². The number of halogens is 1. The third kappa shape index (κ3) is 6.99. The van der Waals surface area contributed by atoms with Gasteiger partial charge < -0.3 is 15.5 Å². The molecule has 1 aromatic carbocycles. The summed E-state index contributed by atoms with van der Waals surface area (Å²) in [5.74, 6) is 1.25. The molecule has 0 bridgehead atoms. The van der Waals surface area contributed by atoms with Crippen molar-refractivity contribution in [3.05, 3.63) is 35.1 Å². The van der Waals surface area contributed by atoms with E-state index in [1.807, 2.05) is 6.07 Å². The molecule has 0 aliphatic heterocycles. The quantitative estimate of drug-likeness (QED) is 0.599. The Morgan fingerprint density at radius 1 is 1.26 bits per heavy atom. The van der Waals surface area contributed by atoms with Gasteiger partial charge in [0.2, 0.25) is 0 Å². The van der Waals surface area contributed by atoms with Crippen LogP contribution in [0.4, 0.5) is 4.39 Å². The Morgan fingerprint density at radius 2 is 1.96 bits per heavy atom. The van der Waals surface area contributed by atoms with Gasteiger partial charge in [0.1, 0.15) is 5.82 Å². The summed E-state index contributed by atoms with van der Waals surface area (Å²) < 4.78 is 13.3. The first-order chi connectivity index (χ1) is 10.8. The van der Waals surface area contributed by atoms with E-state index in [1.165, 1.54) is 6.07 Å². The van der Waals surface area contributed by atoms with Gasteiger partial charge in [0.05, 0.1) is 0 Å². The molecule has 0 aliphatic rings. The molecule has 0 fully saturated rings. The maximum absolute atomic E-state index is 13.3. The second-order valence-electron chi connectivity index (χ2n) is 6.64. The van der Waals surface area contributed by atoms with Crippen molar-refractivity contribution in [1.82, 2.24) is 15.5 Å². The SMILES string of the molecule is CN=C(NCc1ccc(F)c(C)c1)NCC(CC(C)C)N(C)C. The van der Waals surface area contributed by atoms with Gasteiger partial charge in [-0.05, 0) is 50.6 Å². The monoisotopic (exact) mass is 322 g/mol. The average molecular weight is 322 g/mol. The Kier molecular flexibility index (Phi) is 8.03. The first-order valence-corrected chi connectivity index (χ1v) is 8.19. The zero-order valence-electron chi connectivity index (χ0n) is 15.3. The van der Waals surface area contributed by atoms with E-state index in [0.29, 0.717) is 24.1 Å². The van der Waals surface area contributed by atoms with Crippen LogP contribution in [0, 0.1) is 18.7 Å². The maximum Gasteiger partial charge on any atom is 0.191 e. The van der Waals surface area contributed by atoms with Crippen LogP contribution in [0.2, 0.25) is 0 Å². The molecule has 0 saturated carbocycles. The van der Waals surface area contributed by atoms with E-state index < -0.39 is 0 Å². The van der Waals surface area contributed by atoms with Gasteiger partial charge in [0.25, 0.3) is 0 Å². The third-order valence-corrected chi connectivity index (χ3v) is 3.88. The van der Waals surface area contributed by atoms with Crippen LogP contribution in [-0.2, 0) is 6.54 Å². The summed E-state index contributed by atoms with van der Waals surface area (Å²) in [5, 5.41) is 6.65. The second-order valence-corrected chi connectivity index (χ2v) is 6.64. The minimum Gasteiger partial charge on any atom is -0.355 e. The van der Waals surface area contributed by atoms with Crippen LogP contribution in [0.25, 0.3) is 0 Å². The van der Waals surface area contributed by atoms with Gasteiger partial charge in [0.15, 0.2) is 5.96 Å². The van der Waals surface area contributed by atoms with Gasteiger partial charge in [-0.1, -0.05) is 26.0 Å². The fourth-order valence-electron chi connectivity index (χ4n) is 2.46. The number of aliphatic imine (C=N–C) groups is 1. The molecular formula is C18H31FN4. The van der Waals surface area contributed by atoms with Crippen molar-refractivity contribution in [3.63, 3.8) is 0 Å². The molecule has 2 N–H and O–H groups in total. The first-order valence-electron chi connectivity index (χ1n) is 8.19. The molecule has 23 heavy (non-hydrogen) atoms. The summed E-state index contributed by atoms with van der Waals surface area (Å²) in [7, 11) is 5.97. The molecular weight excluding hydrogens is 291 g/mol. The zero-order chi connectivity index (χ0) is 17.4. The number of aryl methyl sites for hydroxylation is 1. The minimum absolute atomic E-state index is 0.168. The van der Waals surface area contributed by atoms with Crippen molar-refractivity contribution in [2.45, 2.75) is 39.8 Å². The Bertz CT molecular complexity index is 512. The largest absolute Gasteiger partial charge is 0.355 e. The van der Waals surface area contributed by atoms with E-state index >= 15 is 0 Å². The summed E-state index contributed by atoms with van der Waals surface area (Å²) >= 11 is 0. The number of hydrogen-bond acceptors (Lipinski definition) is 2. The lowest BCUT2D eigenvalue weighted by atomic mass is 10.0.